The predicted octanol–water partition coefficient (Wildman–Crippen LogP) is 3.30. The van der Waals surface area contributed by atoms with E-state index < -0.39 is 5.60 Å². The first-order valence-corrected chi connectivity index (χ1v) is 8.17. The van der Waals surface area contributed by atoms with E-state index in [1.54, 1.807) is 14.2 Å². The highest BCUT2D eigenvalue weighted by molar-refractivity contribution is 5.66. The van der Waals surface area contributed by atoms with Crippen LogP contribution in [0, 0.1) is 0 Å². The normalized spacial score (nSPS) is 18.6. The van der Waals surface area contributed by atoms with Crippen molar-refractivity contribution in [3.8, 4) is 11.5 Å². The Morgan fingerprint density at radius 3 is 1.84 bits per heavy atom. The Kier molecular flexibility index (Phi) is 4.95. The number of carbonyl (C=O) groups is 1. The molecule has 1 aliphatic heterocycles. The highest BCUT2D eigenvalue weighted by Crippen LogP contribution is 2.44. The summed E-state index contributed by atoms with van der Waals surface area (Å²) in [5.41, 5.74) is 1.32. The van der Waals surface area contributed by atoms with Gasteiger partial charge in [-0.25, -0.2) is 0 Å². The van der Waals surface area contributed by atoms with Gasteiger partial charge in [-0.3, -0.25) is 4.79 Å². The first kappa shape index (κ1) is 17.3. The molecule has 0 aromatic heterocycles. The van der Waals surface area contributed by atoms with E-state index in [0.29, 0.717) is 13.0 Å². The van der Waals surface area contributed by atoms with Crippen LogP contribution in [0.5, 0.6) is 11.5 Å². The van der Waals surface area contributed by atoms with Crippen molar-refractivity contribution in [3.05, 3.63) is 59.7 Å². The molecule has 5 heteroatoms. The minimum absolute atomic E-state index is 0.276. The third-order valence-corrected chi connectivity index (χ3v) is 4.48. The average Bonchev–Trinajstić information content (AvgIpc) is 3.06. The second-order valence-electron chi connectivity index (χ2n) is 6.03. The molecule has 1 atom stereocenters. The maximum atomic E-state index is 11.3. The van der Waals surface area contributed by atoms with E-state index in [1.165, 1.54) is 6.92 Å². The Hall–Kier alpha value is -2.53. The van der Waals surface area contributed by atoms with Crippen molar-refractivity contribution < 1.29 is 23.7 Å². The second kappa shape index (κ2) is 7.15. The van der Waals surface area contributed by atoms with Gasteiger partial charge in [-0.2, -0.15) is 0 Å². The Morgan fingerprint density at radius 2 is 1.44 bits per heavy atom. The van der Waals surface area contributed by atoms with Crippen molar-refractivity contribution in [1.82, 2.24) is 0 Å². The molecule has 0 radical (unpaired) electrons. The van der Waals surface area contributed by atoms with Gasteiger partial charge in [0.2, 0.25) is 0 Å². The average molecular weight is 342 g/mol. The monoisotopic (exact) mass is 342 g/mol. The lowest BCUT2D eigenvalue weighted by atomic mass is 9.83. The first-order valence-electron chi connectivity index (χ1n) is 8.17. The Balaban J connectivity index is 1.99. The van der Waals surface area contributed by atoms with Gasteiger partial charge in [-0.15, -0.1) is 0 Å². The van der Waals surface area contributed by atoms with Crippen LogP contribution >= 0.6 is 0 Å². The smallest absolute Gasteiger partial charge is 0.302 e. The third kappa shape index (κ3) is 3.46. The molecule has 2 aromatic rings. The summed E-state index contributed by atoms with van der Waals surface area (Å²) >= 11 is 0. The molecule has 25 heavy (non-hydrogen) atoms. The summed E-state index contributed by atoms with van der Waals surface area (Å²) in [6.45, 7) is 1.78. The highest BCUT2D eigenvalue weighted by Gasteiger charge is 2.44. The van der Waals surface area contributed by atoms with Gasteiger partial charge in [-0.05, 0) is 35.4 Å². The lowest BCUT2D eigenvalue weighted by Gasteiger charge is -2.30. The van der Waals surface area contributed by atoms with Crippen LogP contribution in [0.4, 0.5) is 0 Å². The van der Waals surface area contributed by atoms with Gasteiger partial charge in [0.25, 0.3) is 0 Å². The lowest BCUT2D eigenvalue weighted by Crippen LogP contribution is -2.27. The summed E-state index contributed by atoms with van der Waals surface area (Å²) < 4.78 is 22.1. The molecule has 0 aliphatic carbocycles. The van der Waals surface area contributed by atoms with Gasteiger partial charge < -0.3 is 18.9 Å². The van der Waals surface area contributed by atoms with E-state index in [4.69, 9.17) is 18.9 Å². The van der Waals surface area contributed by atoms with Crippen LogP contribution in [-0.4, -0.2) is 32.9 Å². The molecule has 5 nitrogen and oxygen atoms in total. The maximum absolute atomic E-state index is 11.3. The largest absolute Gasteiger partial charge is 0.497 e. The fourth-order valence-corrected chi connectivity index (χ4v) is 3.27. The van der Waals surface area contributed by atoms with Gasteiger partial charge >= 0.3 is 5.97 Å². The van der Waals surface area contributed by atoms with Crippen molar-refractivity contribution in [1.29, 1.82) is 0 Å². The molecule has 1 saturated heterocycles. The molecule has 0 spiro atoms. The SMILES string of the molecule is COc1ccc(C2(c3ccc(OC)cc3)CC(OC(C)=O)CO2)cc1. The van der Waals surface area contributed by atoms with Gasteiger partial charge in [0, 0.05) is 13.3 Å². The van der Waals surface area contributed by atoms with Crippen LogP contribution in [0.2, 0.25) is 0 Å². The molecule has 0 N–H and O–H groups in total. The zero-order valence-electron chi connectivity index (χ0n) is 14.7. The molecule has 2 aromatic carbocycles. The van der Waals surface area contributed by atoms with Gasteiger partial charge in [-0.1, -0.05) is 24.3 Å². The van der Waals surface area contributed by atoms with Gasteiger partial charge in [0.1, 0.15) is 23.2 Å². The number of esters is 1. The van der Waals surface area contributed by atoms with E-state index in [1.807, 2.05) is 48.5 Å². The van der Waals surface area contributed by atoms with Crippen LogP contribution in [-0.2, 0) is 19.9 Å². The maximum Gasteiger partial charge on any atom is 0.302 e. The number of rotatable bonds is 5. The molecule has 0 bridgehead atoms. The molecule has 0 amide bonds. The number of benzene rings is 2. The van der Waals surface area contributed by atoms with Crippen molar-refractivity contribution in [2.24, 2.45) is 0 Å². The van der Waals surface area contributed by atoms with E-state index in [2.05, 4.69) is 0 Å². The topological polar surface area (TPSA) is 54.0 Å². The van der Waals surface area contributed by atoms with Crippen molar-refractivity contribution in [2.75, 3.05) is 20.8 Å². The number of hydrogen-bond acceptors (Lipinski definition) is 5. The number of carbonyl (C=O) groups excluding carboxylic acids is 1. The minimum atomic E-state index is -0.668. The van der Waals surface area contributed by atoms with Crippen molar-refractivity contribution in [2.45, 2.75) is 25.0 Å². The van der Waals surface area contributed by atoms with Crippen LogP contribution in [0.3, 0.4) is 0 Å². The molecule has 1 heterocycles. The summed E-state index contributed by atoms with van der Waals surface area (Å²) in [5.74, 6) is 1.26. The molecule has 0 saturated carbocycles. The van der Waals surface area contributed by atoms with E-state index in [-0.39, 0.29) is 12.1 Å². The zero-order chi connectivity index (χ0) is 17.9. The zero-order valence-corrected chi connectivity index (χ0v) is 14.7. The van der Waals surface area contributed by atoms with E-state index in [9.17, 15) is 4.79 Å². The second-order valence-corrected chi connectivity index (χ2v) is 6.03. The molecular formula is C20H22O5. The number of ether oxygens (including phenoxy) is 4. The fraction of sp³-hybridized carbons (Fsp3) is 0.350. The first-order chi connectivity index (χ1) is 12.1. The summed E-state index contributed by atoms with van der Waals surface area (Å²) in [4.78, 5) is 11.3. The third-order valence-electron chi connectivity index (χ3n) is 4.48. The molecule has 1 fully saturated rings. The number of hydrogen-bond donors (Lipinski definition) is 0. The van der Waals surface area contributed by atoms with Crippen molar-refractivity contribution in [3.63, 3.8) is 0 Å². The predicted molar refractivity (Wildman–Crippen MR) is 92.9 cm³/mol. The summed E-state index contributed by atoms with van der Waals surface area (Å²) in [6, 6.07) is 15.6. The van der Waals surface area contributed by atoms with Crippen LogP contribution in [0.15, 0.2) is 48.5 Å². The number of methoxy groups -OCH3 is 2. The minimum Gasteiger partial charge on any atom is -0.497 e. The molecule has 3 rings (SSSR count). The molecule has 1 unspecified atom stereocenters. The van der Waals surface area contributed by atoms with E-state index >= 15 is 0 Å². The van der Waals surface area contributed by atoms with Crippen LogP contribution in [0.1, 0.15) is 24.5 Å². The highest BCUT2D eigenvalue weighted by atomic mass is 16.6. The Bertz CT molecular complexity index is 673. The van der Waals surface area contributed by atoms with Crippen LogP contribution in [0.25, 0.3) is 0 Å². The quantitative estimate of drug-likeness (QED) is 0.781. The molecule has 132 valence electrons. The summed E-state index contributed by atoms with van der Waals surface area (Å²) in [7, 11) is 3.27. The molecular weight excluding hydrogens is 320 g/mol. The van der Waals surface area contributed by atoms with Crippen molar-refractivity contribution >= 4 is 5.97 Å². The molecule has 1 aliphatic rings. The summed E-state index contributed by atoms with van der Waals surface area (Å²) in [6.07, 6.45) is 0.285. The van der Waals surface area contributed by atoms with Crippen LogP contribution < -0.4 is 9.47 Å². The standard InChI is InChI=1S/C20H22O5/c1-14(21)25-19-12-20(24-13-19,15-4-8-17(22-2)9-5-15)16-6-10-18(23-3)11-7-16/h4-11,19H,12-13H2,1-3H3. The Morgan fingerprint density at radius 1 is 0.960 bits per heavy atom. The van der Waals surface area contributed by atoms with Gasteiger partial charge in [0.05, 0.1) is 20.8 Å². The van der Waals surface area contributed by atoms with Gasteiger partial charge in [0.15, 0.2) is 0 Å². The fourth-order valence-electron chi connectivity index (χ4n) is 3.27. The van der Waals surface area contributed by atoms with E-state index in [0.717, 1.165) is 22.6 Å². The summed E-state index contributed by atoms with van der Waals surface area (Å²) in [5, 5.41) is 0. The lowest BCUT2D eigenvalue weighted by molar-refractivity contribution is -0.146. The Labute approximate surface area is 147 Å².